The number of rotatable bonds is 7. The van der Waals surface area contributed by atoms with Crippen LogP contribution in [0.25, 0.3) is 11.1 Å². The highest BCUT2D eigenvalue weighted by Crippen LogP contribution is 2.53. The maximum atomic E-state index is 13.1. The van der Waals surface area contributed by atoms with Crippen LogP contribution in [0.4, 0.5) is 0 Å². The van der Waals surface area contributed by atoms with E-state index in [4.69, 9.17) is 14.2 Å². The number of carbonyl (C=O) groups excluding carboxylic acids is 1. The number of benzene rings is 2. The number of carboxylic acids is 1. The van der Waals surface area contributed by atoms with Gasteiger partial charge in [-0.2, -0.15) is 5.26 Å². The van der Waals surface area contributed by atoms with Crippen LogP contribution in [0, 0.1) is 11.3 Å². The number of carbonyl (C=O) groups is 1. The second-order valence-electron chi connectivity index (χ2n) is 8.30. The molecule has 2 unspecified atom stereocenters. The molecule has 0 saturated heterocycles. The molecule has 2 atom stereocenters. The molecule has 1 aliphatic rings. The number of aliphatic carboxylic acids is 1. The van der Waals surface area contributed by atoms with Crippen LogP contribution in [0.15, 0.2) is 58.2 Å². The van der Waals surface area contributed by atoms with Crippen LogP contribution < -0.4 is 24.7 Å². The molecule has 0 radical (unpaired) electrons. The van der Waals surface area contributed by atoms with E-state index in [9.17, 15) is 20.0 Å². The van der Waals surface area contributed by atoms with Crippen molar-refractivity contribution in [2.45, 2.75) is 23.2 Å². The zero-order chi connectivity index (χ0) is 26.0. The van der Waals surface area contributed by atoms with Gasteiger partial charge in [-0.05, 0) is 65.3 Å². The Bertz CT molecular complexity index is 1450. The molecule has 3 aromatic carbocycles. The molecular weight excluding hydrogens is 478 g/mol. The van der Waals surface area contributed by atoms with E-state index in [1.165, 1.54) is 39.2 Å². The number of fused-ring (bicyclic) bond motifs is 3. The van der Waals surface area contributed by atoms with Crippen molar-refractivity contribution < 1.29 is 24.1 Å². The van der Waals surface area contributed by atoms with Gasteiger partial charge in [0, 0.05) is 23.4 Å². The Hall–Kier alpha value is -3.96. The minimum Gasteiger partial charge on any atom is -0.549 e. The summed E-state index contributed by atoms with van der Waals surface area (Å²) in [6.45, 7) is 0. The Morgan fingerprint density at radius 2 is 1.83 bits per heavy atom. The van der Waals surface area contributed by atoms with Gasteiger partial charge in [0.25, 0.3) is 0 Å². The van der Waals surface area contributed by atoms with Crippen molar-refractivity contribution >= 4 is 17.7 Å². The highest BCUT2D eigenvalue weighted by atomic mass is 32.2. The first kappa shape index (κ1) is 25.1. The Labute approximate surface area is 213 Å². The molecule has 0 heterocycles. The van der Waals surface area contributed by atoms with E-state index in [0.717, 1.165) is 5.56 Å². The van der Waals surface area contributed by atoms with Crippen LogP contribution >= 0.6 is 11.8 Å². The van der Waals surface area contributed by atoms with Crippen LogP contribution in [0.1, 0.15) is 34.1 Å². The van der Waals surface area contributed by atoms with Crippen molar-refractivity contribution in [3.8, 4) is 34.4 Å². The van der Waals surface area contributed by atoms with Gasteiger partial charge in [-0.25, -0.2) is 0 Å². The molecule has 0 spiro atoms. The fourth-order valence-electron chi connectivity index (χ4n) is 4.97. The lowest BCUT2D eigenvalue weighted by Gasteiger charge is -2.35. The van der Waals surface area contributed by atoms with Gasteiger partial charge in [0.15, 0.2) is 16.9 Å². The maximum Gasteiger partial charge on any atom is 0.203 e. The predicted octanol–water partition coefficient (Wildman–Crippen LogP) is 3.51. The van der Waals surface area contributed by atoms with Gasteiger partial charge >= 0.3 is 0 Å². The molecule has 184 valence electrons. The SMILES string of the molecule is COc1cc2c(c(OC)c1OC)-c1ccc(SC)c(=O)cc1C(C(C(=O)[O-])c1cccc(C#N)c1)C2. The van der Waals surface area contributed by atoms with E-state index in [0.29, 0.717) is 50.0 Å². The summed E-state index contributed by atoms with van der Waals surface area (Å²) in [4.78, 5) is 26.2. The molecule has 4 rings (SSSR count). The predicted molar refractivity (Wildman–Crippen MR) is 135 cm³/mol. The Balaban J connectivity index is 2.08. The molecule has 0 fully saturated rings. The van der Waals surface area contributed by atoms with Crippen LogP contribution in [0.5, 0.6) is 17.2 Å². The molecular formula is C28H24NO6S-. The van der Waals surface area contributed by atoms with Crippen molar-refractivity contribution in [2.75, 3.05) is 27.6 Å². The number of nitriles is 1. The van der Waals surface area contributed by atoms with Gasteiger partial charge in [-0.3, -0.25) is 4.79 Å². The van der Waals surface area contributed by atoms with Crippen molar-refractivity contribution in [3.05, 3.63) is 81.0 Å². The minimum atomic E-state index is -1.29. The summed E-state index contributed by atoms with van der Waals surface area (Å²) in [6.07, 6.45) is 2.08. The molecule has 0 aromatic heterocycles. The van der Waals surface area contributed by atoms with Crippen molar-refractivity contribution in [2.24, 2.45) is 0 Å². The topological polar surface area (TPSA) is 109 Å². The average molecular weight is 503 g/mol. The van der Waals surface area contributed by atoms with E-state index in [-0.39, 0.29) is 11.8 Å². The number of carboxylic acid groups (broad SMARTS) is 1. The van der Waals surface area contributed by atoms with Gasteiger partial charge in [0.1, 0.15) is 0 Å². The van der Waals surface area contributed by atoms with Crippen molar-refractivity contribution in [3.63, 3.8) is 0 Å². The summed E-state index contributed by atoms with van der Waals surface area (Å²) < 4.78 is 16.9. The summed E-state index contributed by atoms with van der Waals surface area (Å²) in [5, 5.41) is 22.0. The zero-order valence-electron chi connectivity index (χ0n) is 20.3. The maximum absolute atomic E-state index is 13.1. The van der Waals surface area contributed by atoms with Crippen molar-refractivity contribution in [1.29, 1.82) is 5.26 Å². The van der Waals surface area contributed by atoms with Gasteiger partial charge in [0.05, 0.1) is 37.9 Å². The number of thioether (sulfide) groups is 1. The molecule has 1 aliphatic carbocycles. The Morgan fingerprint density at radius 3 is 2.44 bits per heavy atom. The third kappa shape index (κ3) is 4.27. The normalized spacial score (nSPS) is 14.6. The second-order valence-corrected chi connectivity index (χ2v) is 9.15. The van der Waals surface area contributed by atoms with E-state index < -0.39 is 17.8 Å². The first-order valence-electron chi connectivity index (χ1n) is 11.1. The van der Waals surface area contributed by atoms with E-state index in [2.05, 4.69) is 6.07 Å². The minimum absolute atomic E-state index is 0.209. The third-order valence-electron chi connectivity index (χ3n) is 6.51. The quantitative estimate of drug-likeness (QED) is 0.452. The molecule has 0 N–H and O–H groups in total. The van der Waals surface area contributed by atoms with Gasteiger partial charge in [-0.15, -0.1) is 11.8 Å². The fraction of sp³-hybridized carbons (Fsp3) is 0.250. The zero-order valence-corrected chi connectivity index (χ0v) is 21.1. The number of ether oxygens (including phenoxy) is 3. The highest BCUT2D eigenvalue weighted by Gasteiger charge is 2.36. The van der Waals surface area contributed by atoms with Crippen molar-refractivity contribution in [1.82, 2.24) is 0 Å². The third-order valence-corrected chi connectivity index (χ3v) is 7.29. The molecule has 7 nitrogen and oxygen atoms in total. The lowest BCUT2D eigenvalue weighted by molar-refractivity contribution is -0.308. The number of hydrogen-bond acceptors (Lipinski definition) is 8. The molecule has 0 bridgehead atoms. The summed E-state index contributed by atoms with van der Waals surface area (Å²) in [5.74, 6) is -1.76. The molecule has 8 heteroatoms. The van der Waals surface area contributed by atoms with Crippen LogP contribution in [-0.2, 0) is 11.2 Å². The number of hydrogen-bond donors (Lipinski definition) is 0. The highest BCUT2D eigenvalue weighted by molar-refractivity contribution is 7.98. The first-order valence-corrected chi connectivity index (χ1v) is 12.4. The van der Waals surface area contributed by atoms with Crippen LogP contribution in [0.3, 0.4) is 0 Å². The van der Waals surface area contributed by atoms with E-state index >= 15 is 0 Å². The summed E-state index contributed by atoms with van der Waals surface area (Å²) >= 11 is 1.32. The molecule has 0 aliphatic heterocycles. The Morgan fingerprint density at radius 1 is 1.08 bits per heavy atom. The monoisotopic (exact) mass is 502 g/mol. The Kier molecular flexibility index (Phi) is 7.22. The van der Waals surface area contributed by atoms with Crippen LogP contribution in [0.2, 0.25) is 0 Å². The summed E-state index contributed by atoms with van der Waals surface area (Å²) in [6, 6.07) is 15.4. The van der Waals surface area contributed by atoms with Gasteiger partial charge in [-0.1, -0.05) is 18.2 Å². The second kappa shape index (κ2) is 10.3. The molecule has 36 heavy (non-hydrogen) atoms. The standard InChI is InChI=1S/C28H25NO6S/c1-33-22-12-17-11-20(25(28(31)32)16-7-5-6-15(10-16)14-29)19-13-21(30)23(36-4)9-8-18(19)24(17)27(35-3)26(22)34-2/h5-10,12-13,20,25H,11H2,1-4H3,(H,31,32)/p-1. The first-order chi connectivity index (χ1) is 17.4. The van der Waals surface area contributed by atoms with Crippen LogP contribution in [-0.4, -0.2) is 33.6 Å². The average Bonchev–Trinajstić information content (AvgIpc) is 3.05. The largest absolute Gasteiger partial charge is 0.549 e. The molecule has 0 saturated carbocycles. The van der Waals surface area contributed by atoms with Gasteiger partial charge < -0.3 is 24.1 Å². The van der Waals surface area contributed by atoms with Gasteiger partial charge in [0.2, 0.25) is 5.75 Å². The molecule has 3 aromatic rings. The number of methoxy groups -OCH3 is 3. The lowest BCUT2D eigenvalue weighted by atomic mass is 9.71. The summed E-state index contributed by atoms with van der Waals surface area (Å²) in [5.41, 5.74) is 3.30. The fourth-order valence-corrected chi connectivity index (χ4v) is 5.44. The summed E-state index contributed by atoms with van der Waals surface area (Å²) in [7, 11) is 4.56. The lowest BCUT2D eigenvalue weighted by Crippen LogP contribution is -2.35. The molecule has 0 amide bonds. The number of nitrogens with zero attached hydrogens (tertiary/aromatic N) is 1. The van der Waals surface area contributed by atoms with E-state index in [1.807, 2.05) is 18.4 Å². The smallest absolute Gasteiger partial charge is 0.203 e. The van der Waals surface area contributed by atoms with E-state index in [1.54, 1.807) is 30.3 Å².